The van der Waals surface area contributed by atoms with Crippen LogP contribution in [0.1, 0.15) is 13.3 Å². The molecule has 0 saturated carbocycles. The maximum Gasteiger partial charge on any atom is 0.0346 e. The minimum Gasteiger partial charge on any atom is -0.314 e. The number of nitrogens with zero attached hydrogens (tertiary/aromatic N) is 2. The quantitative estimate of drug-likeness (QED) is 0.682. The van der Waals surface area contributed by atoms with Crippen LogP contribution in [0.5, 0.6) is 0 Å². The van der Waals surface area contributed by atoms with Gasteiger partial charge in [-0.05, 0) is 6.42 Å². The number of piperazine rings is 1. The molecular weight excluding hydrogens is 186 g/mol. The van der Waals surface area contributed by atoms with Crippen molar-refractivity contribution < 1.29 is 0 Å². The van der Waals surface area contributed by atoms with Crippen LogP contribution >= 0.6 is 0 Å². The van der Waals surface area contributed by atoms with E-state index in [-0.39, 0.29) is 0 Å². The van der Waals surface area contributed by atoms with Crippen molar-refractivity contribution in [1.29, 1.82) is 0 Å². The molecule has 15 heavy (non-hydrogen) atoms. The SMILES string of the molecule is C=C(CC)CN1CCN(C2CNC2)CC1. The number of hydrogen-bond donors (Lipinski definition) is 1. The first-order valence-electron chi connectivity index (χ1n) is 6.13. The molecule has 0 unspecified atom stereocenters. The molecule has 0 aromatic rings. The van der Waals surface area contributed by atoms with Gasteiger partial charge in [-0.3, -0.25) is 9.80 Å². The van der Waals surface area contributed by atoms with Crippen molar-refractivity contribution in [2.75, 3.05) is 45.8 Å². The van der Waals surface area contributed by atoms with Crippen molar-refractivity contribution in [3.05, 3.63) is 12.2 Å². The van der Waals surface area contributed by atoms with E-state index < -0.39 is 0 Å². The number of rotatable bonds is 4. The highest BCUT2D eigenvalue weighted by molar-refractivity contribution is 4.97. The lowest BCUT2D eigenvalue weighted by atomic mass is 10.1. The second kappa shape index (κ2) is 5.10. The van der Waals surface area contributed by atoms with Crippen molar-refractivity contribution in [2.45, 2.75) is 19.4 Å². The van der Waals surface area contributed by atoms with Gasteiger partial charge < -0.3 is 5.32 Å². The first-order valence-corrected chi connectivity index (χ1v) is 6.13. The van der Waals surface area contributed by atoms with Crippen LogP contribution in [0, 0.1) is 0 Å². The molecule has 0 atom stereocenters. The van der Waals surface area contributed by atoms with E-state index in [9.17, 15) is 0 Å². The molecule has 0 spiro atoms. The molecule has 0 aromatic heterocycles. The molecule has 2 fully saturated rings. The van der Waals surface area contributed by atoms with Crippen molar-refractivity contribution in [2.24, 2.45) is 0 Å². The third-order valence-electron chi connectivity index (χ3n) is 3.63. The third-order valence-corrected chi connectivity index (χ3v) is 3.63. The summed E-state index contributed by atoms with van der Waals surface area (Å²) in [5.74, 6) is 0. The first kappa shape index (κ1) is 11.1. The fourth-order valence-corrected chi connectivity index (χ4v) is 2.25. The van der Waals surface area contributed by atoms with Crippen LogP contribution in [0.2, 0.25) is 0 Å². The molecule has 0 amide bonds. The van der Waals surface area contributed by atoms with Crippen LogP contribution < -0.4 is 5.32 Å². The lowest BCUT2D eigenvalue weighted by Crippen LogP contribution is -2.61. The van der Waals surface area contributed by atoms with Crippen molar-refractivity contribution in [1.82, 2.24) is 15.1 Å². The minimum absolute atomic E-state index is 0.821. The summed E-state index contributed by atoms with van der Waals surface area (Å²) in [6, 6.07) is 0.821. The molecule has 86 valence electrons. The Hall–Kier alpha value is -0.380. The summed E-state index contributed by atoms with van der Waals surface area (Å²) < 4.78 is 0. The van der Waals surface area contributed by atoms with Crippen LogP contribution in [0.15, 0.2) is 12.2 Å². The van der Waals surface area contributed by atoms with Gasteiger partial charge in [-0.1, -0.05) is 19.1 Å². The fraction of sp³-hybridized carbons (Fsp3) is 0.833. The molecule has 2 aliphatic rings. The molecule has 3 nitrogen and oxygen atoms in total. The predicted octanol–water partition coefficient (Wildman–Crippen LogP) is 0.542. The molecule has 0 radical (unpaired) electrons. The fourth-order valence-electron chi connectivity index (χ4n) is 2.25. The van der Waals surface area contributed by atoms with Gasteiger partial charge in [0.1, 0.15) is 0 Å². The van der Waals surface area contributed by atoms with Crippen molar-refractivity contribution in [3.63, 3.8) is 0 Å². The average Bonchev–Trinajstić information content (AvgIpc) is 2.18. The highest BCUT2D eigenvalue weighted by Gasteiger charge is 2.27. The maximum atomic E-state index is 4.08. The Labute approximate surface area is 93.1 Å². The normalized spacial score (nSPS) is 25.1. The van der Waals surface area contributed by atoms with Crippen molar-refractivity contribution in [3.8, 4) is 0 Å². The molecule has 1 N–H and O–H groups in total. The van der Waals surface area contributed by atoms with E-state index in [1.807, 2.05) is 0 Å². The second-order valence-corrected chi connectivity index (χ2v) is 4.73. The largest absolute Gasteiger partial charge is 0.314 e. The summed E-state index contributed by atoms with van der Waals surface area (Å²) in [4.78, 5) is 5.16. The summed E-state index contributed by atoms with van der Waals surface area (Å²) in [5.41, 5.74) is 1.37. The molecule has 2 rings (SSSR count). The van der Waals surface area contributed by atoms with Crippen LogP contribution in [0.25, 0.3) is 0 Å². The van der Waals surface area contributed by atoms with E-state index in [1.165, 1.54) is 44.8 Å². The topological polar surface area (TPSA) is 18.5 Å². The van der Waals surface area contributed by atoms with Crippen molar-refractivity contribution >= 4 is 0 Å². The van der Waals surface area contributed by atoms with Crippen LogP contribution in [0.4, 0.5) is 0 Å². The van der Waals surface area contributed by atoms with Gasteiger partial charge in [-0.2, -0.15) is 0 Å². The summed E-state index contributed by atoms with van der Waals surface area (Å²) >= 11 is 0. The molecule has 0 bridgehead atoms. The van der Waals surface area contributed by atoms with E-state index in [0.717, 1.165) is 19.0 Å². The van der Waals surface area contributed by atoms with E-state index in [4.69, 9.17) is 0 Å². The Balaban J connectivity index is 1.69. The van der Waals surface area contributed by atoms with Crippen LogP contribution in [-0.2, 0) is 0 Å². The molecule has 2 heterocycles. The third kappa shape index (κ3) is 2.80. The predicted molar refractivity (Wildman–Crippen MR) is 64.1 cm³/mol. The van der Waals surface area contributed by atoms with E-state index in [2.05, 4.69) is 28.6 Å². The Bertz CT molecular complexity index is 215. The minimum atomic E-state index is 0.821. The van der Waals surface area contributed by atoms with Gasteiger partial charge in [0.25, 0.3) is 0 Å². The van der Waals surface area contributed by atoms with Crippen LogP contribution in [-0.4, -0.2) is 61.7 Å². The monoisotopic (exact) mass is 209 g/mol. The molecule has 0 aromatic carbocycles. The highest BCUT2D eigenvalue weighted by atomic mass is 15.3. The second-order valence-electron chi connectivity index (χ2n) is 4.73. The van der Waals surface area contributed by atoms with Gasteiger partial charge in [-0.15, -0.1) is 0 Å². The maximum absolute atomic E-state index is 4.08. The van der Waals surface area contributed by atoms with E-state index in [1.54, 1.807) is 0 Å². The average molecular weight is 209 g/mol. The van der Waals surface area contributed by atoms with Gasteiger partial charge in [-0.25, -0.2) is 0 Å². The summed E-state index contributed by atoms with van der Waals surface area (Å²) in [6.45, 7) is 14.7. The van der Waals surface area contributed by atoms with Gasteiger partial charge in [0, 0.05) is 51.9 Å². The first-order chi connectivity index (χ1) is 7.29. The van der Waals surface area contributed by atoms with E-state index in [0.29, 0.717) is 0 Å². The summed E-state index contributed by atoms with van der Waals surface area (Å²) in [7, 11) is 0. The van der Waals surface area contributed by atoms with Crippen LogP contribution in [0.3, 0.4) is 0 Å². The van der Waals surface area contributed by atoms with Gasteiger partial charge in [0.05, 0.1) is 0 Å². The Morgan fingerprint density at radius 3 is 2.40 bits per heavy atom. The summed E-state index contributed by atoms with van der Waals surface area (Å²) in [5, 5.41) is 3.34. The standard InChI is InChI=1S/C12H23N3/c1-3-11(2)10-14-4-6-15(7-5-14)12-8-13-9-12/h12-13H,2-10H2,1H3. The smallest absolute Gasteiger partial charge is 0.0346 e. The molecule has 2 aliphatic heterocycles. The Morgan fingerprint density at radius 2 is 1.93 bits per heavy atom. The van der Waals surface area contributed by atoms with Gasteiger partial charge in [0.15, 0.2) is 0 Å². The van der Waals surface area contributed by atoms with E-state index >= 15 is 0 Å². The Morgan fingerprint density at radius 1 is 1.27 bits per heavy atom. The number of nitrogens with one attached hydrogen (secondary N) is 1. The molecular formula is C12H23N3. The molecule has 0 aliphatic carbocycles. The lowest BCUT2D eigenvalue weighted by Gasteiger charge is -2.43. The number of hydrogen-bond acceptors (Lipinski definition) is 3. The van der Waals surface area contributed by atoms with Gasteiger partial charge in [0.2, 0.25) is 0 Å². The Kier molecular flexibility index (Phi) is 3.78. The molecule has 2 saturated heterocycles. The lowest BCUT2D eigenvalue weighted by molar-refractivity contribution is 0.0769. The zero-order valence-corrected chi connectivity index (χ0v) is 9.84. The molecule has 3 heteroatoms. The zero-order chi connectivity index (χ0) is 10.7. The zero-order valence-electron chi connectivity index (χ0n) is 9.84. The highest BCUT2D eigenvalue weighted by Crippen LogP contribution is 2.11. The van der Waals surface area contributed by atoms with Gasteiger partial charge >= 0.3 is 0 Å². The summed E-state index contributed by atoms with van der Waals surface area (Å²) in [6.07, 6.45) is 1.12.